The summed E-state index contributed by atoms with van der Waals surface area (Å²) in [5, 5.41) is 0.795. The molecule has 2 aromatic carbocycles. The lowest BCUT2D eigenvalue weighted by Gasteiger charge is -2.26. The molecule has 0 spiro atoms. The minimum atomic E-state index is -0.892. The number of carbonyl (C=O) groups excluding carboxylic acids is 2. The van der Waals surface area contributed by atoms with E-state index in [0.29, 0.717) is 23.7 Å². The van der Waals surface area contributed by atoms with E-state index in [1.54, 1.807) is 18.7 Å². The zero-order valence-electron chi connectivity index (χ0n) is 16.8. The second kappa shape index (κ2) is 9.47. The molecule has 0 N–H and O–H groups in total. The first kappa shape index (κ1) is 20.7. The van der Waals surface area contributed by atoms with Crippen LogP contribution in [0.5, 0.6) is 0 Å². The number of amides is 1. The molecule has 3 aromatic rings. The number of aromatic nitrogens is 1. The normalized spacial score (nSPS) is 11.7. The highest BCUT2D eigenvalue weighted by atomic mass is 32.1. The van der Waals surface area contributed by atoms with Gasteiger partial charge in [0.15, 0.2) is 6.10 Å². The van der Waals surface area contributed by atoms with Gasteiger partial charge >= 0.3 is 5.97 Å². The van der Waals surface area contributed by atoms with E-state index in [-0.39, 0.29) is 5.91 Å². The smallest absolute Gasteiger partial charge is 0.351 e. The highest BCUT2D eigenvalue weighted by Crippen LogP contribution is 2.20. The molecule has 1 unspecified atom stereocenters. The van der Waals surface area contributed by atoms with Gasteiger partial charge < -0.3 is 9.64 Å². The van der Waals surface area contributed by atoms with Crippen molar-refractivity contribution in [3.8, 4) is 0 Å². The largest absolute Gasteiger partial charge is 0.448 e. The van der Waals surface area contributed by atoms with Crippen LogP contribution in [-0.2, 0) is 22.6 Å². The van der Waals surface area contributed by atoms with Gasteiger partial charge in [0.25, 0.3) is 5.91 Å². The molecular weight excluding hydrogens is 384 g/mol. The summed E-state index contributed by atoms with van der Waals surface area (Å²) in [7, 11) is 0. The van der Waals surface area contributed by atoms with E-state index in [2.05, 4.69) is 4.98 Å². The van der Waals surface area contributed by atoms with Crippen LogP contribution in [-0.4, -0.2) is 27.9 Å². The maximum atomic E-state index is 13.1. The van der Waals surface area contributed by atoms with Crippen LogP contribution in [0.4, 0.5) is 0 Å². The minimum Gasteiger partial charge on any atom is -0.448 e. The standard InChI is InChI=1S/C23H24N2O3S/c1-16-21(29-18(3)24-16)23(27)28-17(2)22(26)25(14-19-10-6-4-7-11-19)15-20-12-8-5-9-13-20/h4-13,17H,14-15H2,1-3H3. The van der Waals surface area contributed by atoms with E-state index in [1.165, 1.54) is 11.3 Å². The van der Waals surface area contributed by atoms with Crippen LogP contribution >= 0.6 is 11.3 Å². The summed E-state index contributed by atoms with van der Waals surface area (Å²) in [5.41, 5.74) is 2.66. The van der Waals surface area contributed by atoms with E-state index in [4.69, 9.17) is 4.74 Å². The lowest BCUT2D eigenvalue weighted by molar-refractivity contribution is -0.141. The molecule has 0 radical (unpaired) electrons. The number of rotatable bonds is 7. The quantitative estimate of drug-likeness (QED) is 0.539. The van der Waals surface area contributed by atoms with Gasteiger partial charge in [0, 0.05) is 13.1 Å². The Hall–Kier alpha value is -2.99. The first-order valence-corrected chi connectivity index (χ1v) is 10.3. The van der Waals surface area contributed by atoms with Crippen LogP contribution in [0.2, 0.25) is 0 Å². The van der Waals surface area contributed by atoms with Gasteiger partial charge in [-0.05, 0) is 31.9 Å². The van der Waals surface area contributed by atoms with Crippen LogP contribution in [0.1, 0.15) is 38.4 Å². The molecule has 1 amide bonds. The van der Waals surface area contributed by atoms with Gasteiger partial charge in [0.1, 0.15) is 4.88 Å². The number of thiazole rings is 1. The predicted octanol–water partition coefficient (Wildman–Crippen LogP) is 4.53. The van der Waals surface area contributed by atoms with Gasteiger partial charge in [0.05, 0.1) is 10.7 Å². The first-order chi connectivity index (χ1) is 13.9. The molecule has 0 saturated carbocycles. The van der Waals surface area contributed by atoms with Crippen LogP contribution in [0.15, 0.2) is 60.7 Å². The zero-order chi connectivity index (χ0) is 20.8. The number of esters is 1. The number of hydrogen-bond donors (Lipinski definition) is 0. The van der Waals surface area contributed by atoms with Crippen LogP contribution in [0.25, 0.3) is 0 Å². The molecule has 0 fully saturated rings. The Balaban J connectivity index is 1.75. The molecule has 150 valence electrons. The van der Waals surface area contributed by atoms with E-state index in [0.717, 1.165) is 16.1 Å². The summed E-state index contributed by atoms with van der Waals surface area (Å²) in [6.45, 7) is 6.10. The summed E-state index contributed by atoms with van der Waals surface area (Å²) >= 11 is 1.28. The van der Waals surface area contributed by atoms with Crippen molar-refractivity contribution >= 4 is 23.2 Å². The van der Waals surface area contributed by atoms with Crippen molar-refractivity contribution in [2.45, 2.75) is 40.0 Å². The predicted molar refractivity (Wildman–Crippen MR) is 114 cm³/mol. The Morgan fingerprint density at radius 3 is 1.93 bits per heavy atom. The van der Waals surface area contributed by atoms with Crippen molar-refractivity contribution < 1.29 is 14.3 Å². The van der Waals surface area contributed by atoms with E-state index in [9.17, 15) is 9.59 Å². The van der Waals surface area contributed by atoms with Crippen LogP contribution in [0, 0.1) is 13.8 Å². The summed E-state index contributed by atoms with van der Waals surface area (Å²) in [4.78, 5) is 32.1. The number of aryl methyl sites for hydroxylation is 2. The maximum Gasteiger partial charge on any atom is 0.351 e. The third-order valence-electron chi connectivity index (χ3n) is 4.46. The Morgan fingerprint density at radius 1 is 0.966 bits per heavy atom. The van der Waals surface area contributed by atoms with Crippen molar-refractivity contribution in [3.63, 3.8) is 0 Å². The van der Waals surface area contributed by atoms with E-state index >= 15 is 0 Å². The lowest BCUT2D eigenvalue weighted by Crippen LogP contribution is -2.39. The van der Waals surface area contributed by atoms with E-state index < -0.39 is 12.1 Å². The second-order valence-corrected chi connectivity index (χ2v) is 8.06. The third kappa shape index (κ3) is 5.51. The number of hydrogen-bond acceptors (Lipinski definition) is 5. The molecule has 1 aromatic heterocycles. The molecule has 0 aliphatic rings. The third-order valence-corrected chi connectivity index (χ3v) is 5.52. The fourth-order valence-corrected chi connectivity index (χ4v) is 3.86. The Labute approximate surface area is 175 Å². The molecule has 0 bridgehead atoms. The Morgan fingerprint density at radius 2 is 1.48 bits per heavy atom. The first-order valence-electron chi connectivity index (χ1n) is 9.45. The van der Waals surface area contributed by atoms with Crippen LogP contribution < -0.4 is 0 Å². The van der Waals surface area contributed by atoms with Gasteiger partial charge in [-0.25, -0.2) is 9.78 Å². The number of ether oxygens (including phenoxy) is 1. The van der Waals surface area contributed by atoms with Gasteiger partial charge in [-0.15, -0.1) is 11.3 Å². The molecule has 1 heterocycles. The average Bonchev–Trinajstić information content (AvgIpc) is 3.06. The molecule has 3 rings (SSSR count). The van der Waals surface area contributed by atoms with Gasteiger partial charge in [-0.2, -0.15) is 0 Å². The van der Waals surface area contributed by atoms with E-state index in [1.807, 2.05) is 67.6 Å². The van der Waals surface area contributed by atoms with Crippen molar-refractivity contribution in [1.29, 1.82) is 0 Å². The maximum absolute atomic E-state index is 13.1. The monoisotopic (exact) mass is 408 g/mol. The molecule has 6 heteroatoms. The summed E-state index contributed by atoms with van der Waals surface area (Å²) in [6, 6.07) is 19.6. The number of carbonyl (C=O) groups is 2. The average molecular weight is 409 g/mol. The molecule has 1 atom stereocenters. The van der Waals surface area contributed by atoms with Crippen molar-refractivity contribution in [1.82, 2.24) is 9.88 Å². The summed E-state index contributed by atoms with van der Waals surface area (Å²) < 4.78 is 5.49. The zero-order valence-corrected chi connectivity index (χ0v) is 17.6. The van der Waals surface area contributed by atoms with Crippen molar-refractivity contribution in [2.75, 3.05) is 0 Å². The molecule has 0 aliphatic carbocycles. The topological polar surface area (TPSA) is 59.5 Å². The number of benzene rings is 2. The molecule has 5 nitrogen and oxygen atoms in total. The highest BCUT2D eigenvalue weighted by Gasteiger charge is 2.26. The molecule has 0 aliphatic heterocycles. The summed E-state index contributed by atoms with van der Waals surface area (Å²) in [5.74, 6) is -0.738. The molecule has 29 heavy (non-hydrogen) atoms. The van der Waals surface area contributed by atoms with Crippen LogP contribution in [0.3, 0.4) is 0 Å². The van der Waals surface area contributed by atoms with Crippen molar-refractivity contribution in [3.05, 3.63) is 87.4 Å². The molecular formula is C23H24N2O3S. The second-order valence-electron chi connectivity index (χ2n) is 6.86. The fraction of sp³-hybridized carbons (Fsp3) is 0.261. The summed E-state index contributed by atoms with van der Waals surface area (Å²) in [6.07, 6.45) is -0.892. The Bertz CT molecular complexity index is 929. The van der Waals surface area contributed by atoms with Gasteiger partial charge in [0.2, 0.25) is 0 Å². The van der Waals surface area contributed by atoms with Crippen molar-refractivity contribution in [2.24, 2.45) is 0 Å². The van der Waals surface area contributed by atoms with Gasteiger partial charge in [-0.1, -0.05) is 60.7 Å². The fourth-order valence-electron chi connectivity index (χ4n) is 3.06. The molecule has 0 saturated heterocycles. The van der Waals surface area contributed by atoms with Gasteiger partial charge in [-0.3, -0.25) is 4.79 Å². The number of nitrogens with zero attached hydrogens (tertiary/aromatic N) is 2. The lowest BCUT2D eigenvalue weighted by atomic mass is 10.1. The Kier molecular flexibility index (Phi) is 6.77. The highest BCUT2D eigenvalue weighted by molar-refractivity contribution is 7.13. The SMILES string of the molecule is Cc1nc(C)c(C(=O)OC(C)C(=O)N(Cc2ccccc2)Cc2ccccc2)s1. The minimum absolute atomic E-state index is 0.232.